The molecule has 2 rings (SSSR count). The third kappa shape index (κ3) is 3.42. The molecule has 1 aromatic rings. The Hall–Kier alpha value is -1.30. The van der Waals surface area contributed by atoms with E-state index in [4.69, 9.17) is 33.0 Å². The molecule has 1 aromatic carbocycles. The molecule has 108 valence electrons. The van der Waals surface area contributed by atoms with E-state index in [0.717, 1.165) is 0 Å². The fraction of sp³-hybridized carbons (Fsp3) is 0.385. The van der Waals surface area contributed by atoms with Gasteiger partial charge in [-0.2, -0.15) is 0 Å². The van der Waals surface area contributed by atoms with Gasteiger partial charge in [-0.15, -0.1) is 0 Å². The van der Waals surface area contributed by atoms with Crippen LogP contribution in [0.2, 0.25) is 10.0 Å². The fourth-order valence-corrected chi connectivity index (χ4v) is 2.51. The van der Waals surface area contributed by atoms with E-state index in [1.807, 2.05) is 0 Å². The van der Waals surface area contributed by atoms with E-state index >= 15 is 0 Å². The number of carbonyl (C=O) groups excluding carboxylic acids is 1. The van der Waals surface area contributed by atoms with Crippen molar-refractivity contribution in [2.24, 2.45) is 0 Å². The van der Waals surface area contributed by atoms with Gasteiger partial charge in [0, 0.05) is 16.6 Å². The first-order valence-corrected chi connectivity index (χ1v) is 6.78. The predicted molar refractivity (Wildman–Crippen MR) is 74.1 cm³/mol. The Bertz CT molecular complexity index is 535. The molecule has 0 saturated carbocycles. The number of morpholine rings is 1. The Morgan fingerprint density at radius 3 is 2.80 bits per heavy atom. The number of hydrogen-bond acceptors (Lipinski definition) is 3. The first-order valence-electron chi connectivity index (χ1n) is 6.03. The zero-order chi connectivity index (χ0) is 14.7. The maximum absolute atomic E-state index is 12.2. The number of ether oxygens (including phenoxy) is 1. The summed E-state index contributed by atoms with van der Waals surface area (Å²) in [5, 5.41) is 9.98. The molecule has 1 amide bonds. The number of benzene rings is 1. The van der Waals surface area contributed by atoms with Crippen LogP contribution < -0.4 is 0 Å². The molecule has 1 heterocycles. The molecular weight excluding hydrogens is 305 g/mol. The fourth-order valence-electron chi connectivity index (χ4n) is 2.04. The van der Waals surface area contributed by atoms with Crippen LogP contribution in [-0.2, 0) is 20.7 Å². The summed E-state index contributed by atoms with van der Waals surface area (Å²) in [5.74, 6) is -1.36. The minimum Gasteiger partial charge on any atom is -0.480 e. The van der Waals surface area contributed by atoms with E-state index in [1.165, 1.54) is 4.90 Å². The average molecular weight is 318 g/mol. The van der Waals surface area contributed by atoms with Crippen LogP contribution in [0.3, 0.4) is 0 Å². The molecule has 20 heavy (non-hydrogen) atoms. The Morgan fingerprint density at radius 1 is 1.40 bits per heavy atom. The number of hydrogen-bond donors (Lipinski definition) is 1. The van der Waals surface area contributed by atoms with Crippen LogP contribution in [0.1, 0.15) is 5.56 Å². The Kier molecular flexibility index (Phi) is 4.86. The van der Waals surface area contributed by atoms with Crippen molar-refractivity contribution in [3.8, 4) is 0 Å². The highest BCUT2D eigenvalue weighted by molar-refractivity contribution is 6.35. The lowest BCUT2D eigenvalue weighted by molar-refractivity contribution is -0.158. The smallest absolute Gasteiger partial charge is 0.328 e. The lowest BCUT2D eigenvalue weighted by Crippen LogP contribution is -2.53. The normalized spacial score (nSPS) is 18.9. The van der Waals surface area contributed by atoms with Crippen molar-refractivity contribution in [3.63, 3.8) is 0 Å². The van der Waals surface area contributed by atoms with E-state index in [1.54, 1.807) is 18.2 Å². The quantitative estimate of drug-likeness (QED) is 0.923. The lowest BCUT2D eigenvalue weighted by atomic mass is 10.1. The van der Waals surface area contributed by atoms with Crippen molar-refractivity contribution >= 4 is 35.1 Å². The van der Waals surface area contributed by atoms with Crippen LogP contribution in [0.5, 0.6) is 0 Å². The van der Waals surface area contributed by atoms with Gasteiger partial charge in [-0.1, -0.05) is 29.3 Å². The number of amides is 1. The van der Waals surface area contributed by atoms with Crippen molar-refractivity contribution in [3.05, 3.63) is 33.8 Å². The van der Waals surface area contributed by atoms with Crippen molar-refractivity contribution in [1.82, 2.24) is 4.90 Å². The molecule has 1 aliphatic rings. The number of carboxylic acids is 1. The third-order valence-corrected chi connectivity index (χ3v) is 3.68. The molecule has 1 atom stereocenters. The molecule has 1 fully saturated rings. The standard InChI is InChI=1S/C13H13Cl2NO4/c14-9-2-1-8(10(15)6-9)5-12(17)16-3-4-20-7-11(16)13(18)19/h1-2,6,11H,3-5,7H2,(H,18,19)/t11-/m0/s1. The van der Waals surface area contributed by atoms with E-state index in [-0.39, 0.29) is 25.5 Å². The minimum atomic E-state index is -1.07. The first kappa shape index (κ1) is 15.1. The minimum absolute atomic E-state index is 0.00935. The van der Waals surface area contributed by atoms with Gasteiger partial charge in [-0.25, -0.2) is 4.79 Å². The molecular formula is C13H13Cl2NO4. The molecule has 5 nitrogen and oxygen atoms in total. The number of aliphatic carboxylic acids is 1. The SMILES string of the molecule is O=C(O)[C@@H]1COCCN1C(=O)Cc1ccc(Cl)cc1Cl. The number of nitrogens with zero attached hydrogens (tertiary/aromatic N) is 1. The molecule has 0 bridgehead atoms. The Labute approximate surface area is 126 Å². The summed E-state index contributed by atoms with van der Waals surface area (Å²) in [6.45, 7) is 0.611. The number of carboxylic acid groups (broad SMARTS) is 1. The average Bonchev–Trinajstić information content (AvgIpc) is 2.41. The summed E-state index contributed by atoms with van der Waals surface area (Å²) in [6.07, 6.45) is 0.0415. The highest BCUT2D eigenvalue weighted by atomic mass is 35.5. The van der Waals surface area contributed by atoms with Gasteiger partial charge >= 0.3 is 5.97 Å². The largest absolute Gasteiger partial charge is 0.480 e. The third-order valence-electron chi connectivity index (χ3n) is 3.09. The summed E-state index contributed by atoms with van der Waals surface area (Å²) in [4.78, 5) is 24.7. The van der Waals surface area contributed by atoms with Gasteiger partial charge in [0.25, 0.3) is 0 Å². The highest BCUT2D eigenvalue weighted by Gasteiger charge is 2.32. The topological polar surface area (TPSA) is 66.8 Å². The maximum atomic E-state index is 12.2. The Balaban J connectivity index is 2.12. The zero-order valence-corrected chi connectivity index (χ0v) is 12.0. The summed E-state index contributed by atoms with van der Waals surface area (Å²) >= 11 is 11.8. The molecule has 1 N–H and O–H groups in total. The van der Waals surface area contributed by atoms with Crippen LogP contribution >= 0.6 is 23.2 Å². The molecule has 0 aromatic heterocycles. The monoisotopic (exact) mass is 317 g/mol. The van der Waals surface area contributed by atoms with E-state index < -0.39 is 12.0 Å². The number of halogens is 2. The Morgan fingerprint density at radius 2 is 2.15 bits per heavy atom. The molecule has 0 radical (unpaired) electrons. The van der Waals surface area contributed by atoms with E-state index in [0.29, 0.717) is 22.2 Å². The maximum Gasteiger partial charge on any atom is 0.328 e. The second kappa shape index (κ2) is 6.43. The molecule has 0 unspecified atom stereocenters. The molecule has 0 spiro atoms. The van der Waals surface area contributed by atoms with Crippen LogP contribution in [0.15, 0.2) is 18.2 Å². The van der Waals surface area contributed by atoms with Crippen molar-refractivity contribution in [1.29, 1.82) is 0 Å². The zero-order valence-electron chi connectivity index (χ0n) is 10.5. The van der Waals surface area contributed by atoms with Crippen LogP contribution in [0.25, 0.3) is 0 Å². The van der Waals surface area contributed by atoms with Crippen LogP contribution in [0, 0.1) is 0 Å². The van der Waals surface area contributed by atoms with Crippen molar-refractivity contribution < 1.29 is 19.4 Å². The molecule has 0 aliphatic carbocycles. The van der Waals surface area contributed by atoms with E-state index in [2.05, 4.69) is 0 Å². The molecule has 7 heteroatoms. The summed E-state index contributed by atoms with van der Waals surface area (Å²) in [6, 6.07) is 3.92. The summed E-state index contributed by atoms with van der Waals surface area (Å²) in [7, 11) is 0. The van der Waals surface area contributed by atoms with Gasteiger partial charge in [-0.05, 0) is 17.7 Å². The summed E-state index contributed by atoms with van der Waals surface area (Å²) < 4.78 is 5.10. The van der Waals surface area contributed by atoms with E-state index in [9.17, 15) is 9.59 Å². The highest BCUT2D eigenvalue weighted by Crippen LogP contribution is 2.22. The second-order valence-corrected chi connectivity index (χ2v) is 5.27. The molecule has 1 aliphatic heterocycles. The van der Waals surface area contributed by atoms with Gasteiger partial charge in [0.05, 0.1) is 19.6 Å². The summed E-state index contributed by atoms with van der Waals surface area (Å²) in [5.41, 5.74) is 0.622. The second-order valence-electron chi connectivity index (χ2n) is 4.43. The number of rotatable bonds is 3. The lowest BCUT2D eigenvalue weighted by Gasteiger charge is -2.33. The van der Waals surface area contributed by atoms with Gasteiger partial charge in [-0.3, -0.25) is 4.79 Å². The van der Waals surface area contributed by atoms with Gasteiger partial charge < -0.3 is 14.7 Å². The first-order chi connectivity index (χ1) is 9.49. The van der Waals surface area contributed by atoms with Crippen molar-refractivity contribution in [2.45, 2.75) is 12.5 Å². The van der Waals surface area contributed by atoms with Gasteiger partial charge in [0.2, 0.25) is 5.91 Å². The van der Waals surface area contributed by atoms with Crippen LogP contribution in [-0.4, -0.2) is 47.7 Å². The number of carbonyl (C=O) groups is 2. The predicted octanol–water partition coefficient (Wildman–Crippen LogP) is 1.85. The van der Waals surface area contributed by atoms with Crippen LogP contribution in [0.4, 0.5) is 0 Å². The van der Waals surface area contributed by atoms with Crippen molar-refractivity contribution in [2.75, 3.05) is 19.8 Å². The van der Waals surface area contributed by atoms with Gasteiger partial charge in [0.15, 0.2) is 6.04 Å². The molecule has 1 saturated heterocycles. The van der Waals surface area contributed by atoms with Gasteiger partial charge in [0.1, 0.15) is 0 Å².